The Morgan fingerprint density at radius 3 is 2.94 bits per heavy atom. The maximum Gasteiger partial charge on any atom is 0.307 e. The maximum absolute atomic E-state index is 11.6. The van der Waals surface area contributed by atoms with Crippen molar-refractivity contribution in [2.45, 2.75) is 19.1 Å². The Morgan fingerprint density at radius 2 is 2.24 bits per heavy atom. The highest BCUT2D eigenvalue weighted by Crippen LogP contribution is 2.04. The molecule has 0 bridgehead atoms. The van der Waals surface area contributed by atoms with E-state index in [1.807, 2.05) is 30.3 Å². The topological polar surface area (TPSA) is 47.6 Å². The molecular formula is C13H17NO3. The van der Waals surface area contributed by atoms with Gasteiger partial charge in [0, 0.05) is 12.6 Å². The molecule has 1 atom stereocenters. The smallest absolute Gasteiger partial charge is 0.307 e. The molecule has 92 valence electrons. The van der Waals surface area contributed by atoms with Crippen molar-refractivity contribution < 1.29 is 14.3 Å². The highest BCUT2D eigenvalue weighted by Gasteiger charge is 2.17. The molecule has 0 aromatic heterocycles. The van der Waals surface area contributed by atoms with Gasteiger partial charge in [-0.15, -0.1) is 0 Å². The predicted molar refractivity (Wildman–Crippen MR) is 63.5 cm³/mol. The lowest BCUT2D eigenvalue weighted by atomic mass is 10.2. The third kappa shape index (κ3) is 4.17. The van der Waals surface area contributed by atoms with Crippen molar-refractivity contribution in [3.05, 3.63) is 35.9 Å². The van der Waals surface area contributed by atoms with Crippen LogP contribution in [0.5, 0.6) is 0 Å². The number of nitrogens with one attached hydrogen (secondary N) is 1. The number of morpholine rings is 1. The zero-order valence-corrected chi connectivity index (χ0v) is 9.72. The van der Waals surface area contributed by atoms with E-state index in [0.29, 0.717) is 19.6 Å². The van der Waals surface area contributed by atoms with E-state index < -0.39 is 0 Å². The van der Waals surface area contributed by atoms with Crippen LogP contribution in [0.2, 0.25) is 0 Å². The summed E-state index contributed by atoms with van der Waals surface area (Å²) in [6.45, 7) is 2.44. The highest BCUT2D eigenvalue weighted by atomic mass is 16.5. The fourth-order valence-corrected chi connectivity index (χ4v) is 1.75. The summed E-state index contributed by atoms with van der Waals surface area (Å²) in [5.74, 6) is -0.183. The molecule has 1 saturated heterocycles. The van der Waals surface area contributed by atoms with Crippen LogP contribution in [0, 0.1) is 0 Å². The van der Waals surface area contributed by atoms with Crippen LogP contribution >= 0.6 is 0 Å². The van der Waals surface area contributed by atoms with E-state index >= 15 is 0 Å². The van der Waals surface area contributed by atoms with E-state index in [9.17, 15) is 4.79 Å². The van der Waals surface area contributed by atoms with Crippen LogP contribution in [0.1, 0.15) is 12.0 Å². The second-order valence-corrected chi connectivity index (χ2v) is 4.08. The Bertz CT molecular complexity index is 347. The van der Waals surface area contributed by atoms with Gasteiger partial charge in [0.25, 0.3) is 0 Å². The van der Waals surface area contributed by atoms with Gasteiger partial charge in [0.05, 0.1) is 19.6 Å². The summed E-state index contributed by atoms with van der Waals surface area (Å²) < 4.78 is 10.5. The lowest BCUT2D eigenvalue weighted by Crippen LogP contribution is -2.42. The molecule has 0 aliphatic carbocycles. The van der Waals surface area contributed by atoms with E-state index in [-0.39, 0.29) is 12.0 Å². The average Bonchev–Trinajstić information content (AvgIpc) is 2.39. The zero-order valence-electron chi connectivity index (χ0n) is 9.72. The van der Waals surface area contributed by atoms with Gasteiger partial charge < -0.3 is 14.8 Å². The van der Waals surface area contributed by atoms with Crippen molar-refractivity contribution >= 4 is 5.97 Å². The minimum absolute atomic E-state index is 0.0898. The molecule has 1 aromatic carbocycles. The van der Waals surface area contributed by atoms with Gasteiger partial charge in [-0.2, -0.15) is 0 Å². The van der Waals surface area contributed by atoms with Gasteiger partial charge in [0.1, 0.15) is 6.61 Å². The van der Waals surface area contributed by atoms with Crippen molar-refractivity contribution in [3.8, 4) is 0 Å². The quantitative estimate of drug-likeness (QED) is 0.794. The molecule has 1 aliphatic heterocycles. The Balaban J connectivity index is 1.70. The van der Waals surface area contributed by atoms with Gasteiger partial charge in [-0.3, -0.25) is 4.79 Å². The SMILES string of the molecule is O=C(C[C@@H]1COCCN1)OCc1ccccc1. The first-order valence-electron chi connectivity index (χ1n) is 5.85. The molecule has 4 heteroatoms. The number of benzene rings is 1. The first kappa shape index (κ1) is 12.1. The molecule has 1 heterocycles. The molecule has 1 N–H and O–H groups in total. The van der Waals surface area contributed by atoms with Crippen LogP contribution < -0.4 is 5.32 Å². The number of hydrogen-bond acceptors (Lipinski definition) is 4. The van der Waals surface area contributed by atoms with Crippen molar-refractivity contribution in [2.75, 3.05) is 19.8 Å². The Kier molecular flexibility index (Phi) is 4.53. The highest BCUT2D eigenvalue weighted by molar-refractivity contribution is 5.70. The number of ether oxygens (including phenoxy) is 2. The number of hydrogen-bond donors (Lipinski definition) is 1. The number of carbonyl (C=O) groups excluding carboxylic acids is 1. The summed E-state index contributed by atoms with van der Waals surface area (Å²) in [7, 11) is 0. The summed E-state index contributed by atoms with van der Waals surface area (Å²) in [5, 5.41) is 3.22. The molecule has 4 nitrogen and oxygen atoms in total. The van der Waals surface area contributed by atoms with Gasteiger partial charge in [0.2, 0.25) is 0 Å². The average molecular weight is 235 g/mol. The summed E-state index contributed by atoms with van der Waals surface area (Å²) >= 11 is 0. The lowest BCUT2D eigenvalue weighted by Gasteiger charge is -2.22. The van der Waals surface area contributed by atoms with Crippen molar-refractivity contribution in [1.82, 2.24) is 5.32 Å². The van der Waals surface area contributed by atoms with Crippen LogP contribution in [0.25, 0.3) is 0 Å². The normalized spacial score (nSPS) is 19.9. The molecule has 0 amide bonds. The molecule has 2 rings (SSSR count). The minimum atomic E-state index is -0.183. The van der Waals surface area contributed by atoms with E-state index in [2.05, 4.69) is 5.32 Å². The molecule has 0 radical (unpaired) electrons. The van der Waals surface area contributed by atoms with Crippen LogP contribution in [-0.4, -0.2) is 31.8 Å². The first-order chi connectivity index (χ1) is 8.34. The standard InChI is InChI=1S/C13H17NO3/c15-13(8-12-10-16-7-6-14-12)17-9-11-4-2-1-3-5-11/h1-5,12,14H,6-10H2/t12-/m1/s1. The number of carbonyl (C=O) groups is 1. The molecule has 17 heavy (non-hydrogen) atoms. The predicted octanol–water partition coefficient (Wildman–Crippen LogP) is 1.11. The molecule has 1 fully saturated rings. The van der Waals surface area contributed by atoms with E-state index in [4.69, 9.17) is 9.47 Å². The third-order valence-corrected chi connectivity index (χ3v) is 2.65. The first-order valence-corrected chi connectivity index (χ1v) is 5.85. The van der Waals surface area contributed by atoms with Crippen LogP contribution in [0.15, 0.2) is 30.3 Å². The Morgan fingerprint density at radius 1 is 1.41 bits per heavy atom. The summed E-state index contributed by atoms with van der Waals surface area (Å²) in [4.78, 5) is 11.6. The second kappa shape index (κ2) is 6.37. The van der Waals surface area contributed by atoms with Crippen LogP contribution in [-0.2, 0) is 20.9 Å². The maximum atomic E-state index is 11.6. The summed E-state index contributed by atoms with van der Waals surface area (Å²) in [6.07, 6.45) is 0.368. The fourth-order valence-electron chi connectivity index (χ4n) is 1.75. The van der Waals surface area contributed by atoms with E-state index in [1.165, 1.54) is 0 Å². The van der Waals surface area contributed by atoms with Crippen LogP contribution in [0.4, 0.5) is 0 Å². The fraction of sp³-hybridized carbons (Fsp3) is 0.462. The van der Waals surface area contributed by atoms with Gasteiger partial charge in [-0.25, -0.2) is 0 Å². The second-order valence-electron chi connectivity index (χ2n) is 4.08. The monoisotopic (exact) mass is 235 g/mol. The van der Waals surface area contributed by atoms with Crippen LogP contribution in [0.3, 0.4) is 0 Å². The molecule has 1 aliphatic rings. The van der Waals surface area contributed by atoms with E-state index in [0.717, 1.165) is 18.7 Å². The molecule has 0 saturated carbocycles. The van der Waals surface area contributed by atoms with Crippen molar-refractivity contribution in [1.29, 1.82) is 0 Å². The Labute approximate surface area is 101 Å². The van der Waals surface area contributed by atoms with Gasteiger partial charge >= 0.3 is 5.97 Å². The van der Waals surface area contributed by atoms with Gasteiger partial charge in [-0.1, -0.05) is 30.3 Å². The molecule has 0 unspecified atom stereocenters. The number of rotatable bonds is 4. The number of esters is 1. The van der Waals surface area contributed by atoms with Gasteiger partial charge in [-0.05, 0) is 5.56 Å². The zero-order chi connectivity index (χ0) is 11.9. The largest absolute Gasteiger partial charge is 0.461 e. The van der Waals surface area contributed by atoms with E-state index in [1.54, 1.807) is 0 Å². The van der Waals surface area contributed by atoms with Gasteiger partial charge in [0.15, 0.2) is 0 Å². The summed E-state index contributed by atoms with van der Waals surface area (Å²) in [6, 6.07) is 9.77. The molecular weight excluding hydrogens is 218 g/mol. The minimum Gasteiger partial charge on any atom is -0.461 e. The molecule has 0 spiro atoms. The van der Waals surface area contributed by atoms with Crippen molar-refractivity contribution in [2.24, 2.45) is 0 Å². The lowest BCUT2D eigenvalue weighted by molar-refractivity contribution is -0.146. The Hall–Kier alpha value is -1.39. The van der Waals surface area contributed by atoms with Crippen molar-refractivity contribution in [3.63, 3.8) is 0 Å². The third-order valence-electron chi connectivity index (χ3n) is 2.65. The summed E-state index contributed by atoms with van der Waals surface area (Å²) in [5.41, 5.74) is 1.01. The molecule has 1 aromatic rings.